The monoisotopic (exact) mass is 275 g/mol. The van der Waals surface area contributed by atoms with Gasteiger partial charge in [-0.05, 0) is 37.6 Å². The van der Waals surface area contributed by atoms with Crippen LogP contribution in [0.5, 0.6) is 5.75 Å². The van der Waals surface area contributed by atoms with Crippen LogP contribution >= 0.6 is 12.0 Å². The van der Waals surface area contributed by atoms with Gasteiger partial charge in [-0.2, -0.15) is 0 Å². The molecule has 19 heavy (non-hydrogen) atoms. The van der Waals surface area contributed by atoms with E-state index < -0.39 is 4.92 Å². The molecule has 4 nitrogen and oxygen atoms in total. The molecule has 0 aliphatic rings. The Balaban J connectivity index is 2.15. The van der Waals surface area contributed by atoms with Gasteiger partial charge in [0.05, 0.1) is 17.0 Å². The van der Waals surface area contributed by atoms with Crippen LogP contribution in [0.4, 0.5) is 5.69 Å². The zero-order chi connectivity index (χ0) is 13.8. The average molecular weight is 275 g/mol. The molecule has 5 heteroatoms. The minimum Gasteiger partial charge on any atom is -0.413 e. The van der Waals surface area contributed by atoms with Gasteiger partial charge in [-0.25, -0.2) is 0 Å². The third-order valence-corrected chi connectivity index (χ3v) is 3.29. The van der Waals surface area contributed by atoms with Crippen molar-refractivity contribution in [1.29, 1.82) is 0 Å². The molecule has 0 aliphatic heterocycles. The predicted octanol–water partition coefficient (Wildman–Crippen LogP) is 4.30. The van der Waals surface area contributed by atoms with Crippen molar-refractivity contribution in [2.75, 3.05) is 0 Å². The minimum atomic E-state index is -0.433. The molecule has 0 atom stereocenters. The summed E-state index contributed by atoms with van der Waals surface area (Å²) in [7, 11) is 0. The summed E-state index contributed by atoms with van der Waals surface area (Å²) in [5.74, 6) is 0.265. The van der Waals surface area contributed by atoms with E-state index >= 15 is 0 Å². The van der Waals surface area contributed by atoms with E-state index in [0.29, 0.717) is 0 Å². The molecule has 0 aromatic heterocycles. The highest BCUT2D eigenvalue weighted by atomic mass is 32.2. The first kappa shape index (κ1) is 13.4. The Morgan fingerprint density at radius 3 is 2.32 bits per heavy atom. The molecule has 0 saturated carbocycles. The van der Waals surface area contributed by atoms with E-state index in [9.17, 15) is 10.1 Å². The lowest BCUT2D eigenvalue weighted by Gasteiger charge is -2.05. The zero-order valence-electron chi connectivity index (χ0n) is 10.6. The van der Waals surface area contributed by atoms with Crippen LogP contribution in [-0.2, 0) is 0 Å². The van der Waals surface area contributed by atoms with Crippen LogP contribution in [0.3, 0.4) is 0 Å². The van der Waals surface area contributed by atoms with E-state index in [2.05, 4.69) is 0 Å². The Morgan fingerprint density at radius 1 is 1.05 bits per heavy atom. The van der Waals surface area contributed by atoms with Gasteiger partial charge in [0.2, 0.25) is 5.75 Å². The standard InChI is InChI=1S/C14H13NO3S/c1-10-3-6-12(7-4-10)19-18-14-8-5-11(2)9-13(14)15(16)17/h3-9H,1-2H3. The second kappa shape index (κ2) is 5.75. The zero-order valence-corrected chi connectivity index (χ0v) is 11.4. The molecule has 2 aromatic rings. The molecule has 2 rings (SSSR count). The third-order valence-electron chi connectivity index (χ3n) is 2.56. The lowest BCUT2D eigenvalue weighted by molar-refractivity contribution is -0.385. The number of rotatable bonds is 4. The average Bonchev–Trinajstić information content (AvgIpc) is 2.39. The van der Waals surface area contributed by atoms with Crippen LogP contribution in [0, 0.1) is 24.0 Å². The van der Waals surface area contributed by atoms with Crippen LogP contribution in [0.1, 0.15) is 11.1 Å². The van der Waals surface area contributed by atoms with Crippen molar-refractivity contribution in [2.45, 2.75) is 18.7 Å². The molecular weight excluding hydrogens is 262 g/mol. The SMILES string of the molecule is Cc1ccc(SOc2ccc(C)cc2[N+](=O)[O-])cc1. The number of nitrogens with zero attached hydrogens (tertiary/aromatic N) is 1. The molecule has 0 spiro atoms. The smallest absolute Gasteiger partial charge is 0.312 e. The summed E-state index contributed by atoms with van der Waals surface area (Å²) < 4.78 is 5.45. The Morgan fingerprint density at radius 2 is 1.68 bits per heavy atom. The third kappa shape index (κ3) is 3.48. The maximum absolute atomic E-state index is 10.9. The summed E-state index contributed by atoms with van der Waals surface area (Å²) in [6.07, 6.45) is 0. The van der Waals surface area contributed by atoms with Gasteiger partial charge in [0.1, 0.15) is 0 Å². The van der Waals surface area contributed by atoms with E-state index in [-0.39, 0.29) is 11.4 Å². The number of nitro benzene ring substituents is 1. The molecule has 0 aliphatic carbocycles. The quantitative estimate of drug-likeness (QED) is 0.474. The highest BCUT2D eigenvalue weighted by molar-refractivity contribution is 7.95. The lowest BCUT2D eigenvalue weighted by Crippen LogP contribution is -1.93. The van der Waals surface area contributed by atoms with Gasteiger partial charge in [0, 0.05) is 11.0 Å². The predicted molar refractivity (Wildman–Crippen MR) is 75.5 cm³/mol. The molecule has 0 fully saturated rings. The number of hydrogen-bond donors (Lipinski definition) is 0. The van der Waals surface area contributed by atoms with E-state index in [1.165, 1.54) is 6.07 Å². The second-order valence-electron chi connectivity index (χ2n) is 4.21. The van der Waals surface area contributed by atoms with Gasteiger partial charge >= 0.3 is 5.69 Å². The van der Waals surface area contributed by atoms with Crippen molar-refractivity contribution in [1.82, 2.24) is 0 Å². The molecule has 0 bridgehead atoms. The van der Waals surface area contributed by atoms with Crippen LogP contribution in [-0.4, -0.2) is 4.92 Å². The maximum atomic E-state index is 10.9. The van der Waals surface area contributed by atoms with Crippen LogP contribution < -0.4 is 4.18 Å². The summed E-state index contributed by atoms with van der Waals surface area (Å²) >= 11 is 1.12. The number of benzene rings is 2. The van der Waals surface area contributed by atoms with E-state index in [1.807, 2.05) is 38.1 Å². The molecule has 98 valence electrons. The van der Waals surface area contributed by atoms with Crippen molar-refractivity contribution in [3.05, 3.63) is 63.7 Å². The van der Waals surface area contributed by atoms with Crippen LogP contribution in [0.25, 0.3) is 0 Å². The molecular formula is C14H13NO3S. The van der Waals surface area contributed by atoms with Crippen molar-refractivity contribution in [3.63, 3.8) is 0 Å². The van der Waals surface area contributed by atoms with Crippen molar-refractivity contribution < 1.29 is 9.11 Å². The first-order chi connectivity index (χ1) is 9.06. The van der Waals surface area contributed by atoms with Gasteiger partial charge in [-0.15, -0.1) is 0 Å². The molecule has 2 aromatic carbocycles. The van der Waals surface area contributed by atoms with Gasteiger partial charge in [-0.3, -0.25) is 10.1 Å². The summed E-state index contributed by atoms with van der Waals surface area (Å²) in [6.45, 7) is 3.81. The molecule has 0 amide bonds. The fourth-order valence-electron chi connectivity index (χ4n) is 1.53. The van der Waals surface area contributed by atoms with Gasteiger partial charge in [0.15, 0.2) is 0 Å². The van der Waals surface area contributed by atoms with Gasteiger partial charge in [-0.1, -0.05) is 23.8 Å². The highest BCUT2D eigenvalue weighted by Gasteiger charge is 2.15. The first-order valence-corrected chi connectivity index (χ1v) is 6.46. The van der Waals surface area contributed by atoms with Crippen molar-refractivity contribution >= 4 is 17.7 Å². The van der Waals surface area contributed by atoms with Gasteiger partial charge < -0.3 is 4.18 Å². The van der Waals surface area contributed by atoms with Crippen LogP contribution in [0.2, 0.25) is 0 Å². The van der Waals surface area contributed by atoms with E-state index in [1.54, 1.807) is 12.1 Å². The Hall–Kier alpha value is -2.01. The normalized spacial score (nSPS) is 10.2. The maximum Gasteiger partial charge on any atom is 0.312 e. The van der Waals surface area contributed by atoms with Gasteiger partial charge in [0.25, 0.3) is 0 Å². The molecule has 0 N–H and O–H groups in total. The molecule has 0 saturated heterocycles. The topological polar surface area (TPSA) is 52.4 Å². The number of hydrogen-bond acceptors (Lipinski definition) is 4. The largest absolute Gasteiger partial charge is 0.413 e. The van der Waals surface area contributed by atoms with E-state index in [4.69, 9.17) is 4.18 Å². The highest BCUT2D eigenvalue weighted by Crippen LogP contribution is 2.32. The summed E-state index contributed by atoms with van der Waals surface area (Å²) in [5.41, 5.74) is 1.98. The fourth-order valence-corrected chi connectivity index (χ4v) is 2.10. The lowest BCUT2D eigenvalue weighted by atomic mass is 10.2. The molecule has 0 radical (unpaired) electrons. The molecule has 0 unspecified atom stereocenters. The number of nitro groups is 1. The Kier molecular flexibility index (Phi) is 4.06. The fraction of sp³-hybridized carbons (Fsp3) is 0.143. The van der Waals surface area contributed by atoms with Crippen molar-refractivity contribution in [3.8, 4) is 5.75 Å². The summed E-state index contributed by atoms with van der Waals surface area (Å²) in [6, 6.07) is 12.7. The minimum absolute atomic E-state index is 0.0142. The van der Waals surface area contributed by atoms with E-state index in [0.717, 1.165) is 28.1 Å². The van der Waals surface area contributed by atoms with Crippen LogP contribution in [0.15, 0.2) is 47.4 Å². The van der Waals surface area contributed by atoms with Crippen molar-refractivity contribution in [2.24, 2.45) is 0 Å². The molecule has 0 heterocycles. The number of aryl methyl sites for hydroxylation is 2. The first-order valence-electron chi connectivity index (χ1n) is 5.72. The Labute approximate surface area is 115 Å². The summed E-state index contributed by atoms with van der Waals surface area (Å²) in [5, 5.41) is 10.9. The summed E-state index contributed by atoms with van der Waals surface area (Å²) in [4.78, 5) is 11.4. The second-order valence-corrected chi connectivity index (χ2v) is 5.01. The Bertz CT molecular complexity index is 596.